The number of aliphatic hydroxyl groups is 1. The highest BCUT2D eigenvalue weighted by atomic mass is 16.5. The molecule has 0 saturated heterocycles. The summed E-state index contributed by atoms with van der Waals surface area (Å²) in [6.07, 6.45) is 11.5. The van der Waals surface area contributed by atoms with E-state index < -0.39 is 12.1 Å². The SMILES string of the molecule is C\C=C/C=C(\C=C/C)C(O)/C(=C\CCC)C(=O)OC. The van der Waals surface area contributed by atoms with Gasteiger partial charge in [0.25, 0.3) is 0 Å². The summed E-state index contributed by atoms with van der Waals surface area (Å²) < 4.78 is 4.73. The molecule has 106 valence electrons. The van der Waals surface area contributed by atoms with Crippen molar-refractivity contribution in [3.63, 3.8) is 0 Å². The van der Waals surface area contributed by atoms with Crippen molar-refractivity contribution >= 4 is 5.97 Å². The molecule has 1 atom stereocenters. The normalized spacial score (nSPS) is 15.2. The van der Waals surface area contributed by atoms with Crippen molar-refractivity contribution in [1.29, 1.82) is 0 Å². The van der Waals surface area contributed by atoms with E-state index >= 15 is 0 Å². The van der Waals surface area contributed by atoms with Crippen LogP contribution in [0.15, 0.2) is 47.6 Å². The summed E-state index contributed by atoms with van der Waals surface area (Å²) in [5.41, 5.74) is 0.951. The predicted octanol–water partition coefficient (Wildman–Crippen LogP) is 3.33. The highest BCUT2D eigenvalue weighted by Gasteiger charge is 2.21. The van der Waals surface area contributed by atoms with Crippen LogP contribution in [0.2, 0.25) is 0 Å². The Morgan fingerprint density at radius 1 is 1.32 bits per heavy atom. The van der Waals surface area contributed by atoms with Crippen LogP contribution in [0.25, 0.3) is 0 Å². The number of unbranched alkanes of at least 4 members (excludes halogenated alkanes) is 1. The lowest BCUT2D eigenvalue weighted by Gasteiger charge is -2.14. The molecule has 3 heteroatoms. The van der Waals surface area contributed by atoms with Crippen LogP contribution in [-0.2, 0) is 9.53 Å². The largest absolute Gasteiger partial charge is 0.466 e. The fourth-order valence-electron chi connectivity index (χ4n) is 1.54. The third-order valence-corrected chi connectivity index (χ3v) is 2.52. The van der Waals surface area contributed by atoms with E-state index in [1.807, 2.05) is 39.0 Å². The predicted molar refractivity (Wildman–Crippen MR) is 78.7 cm³/mol. The molecule has 0 aromatic carbocycles. The van der Waals surface area contributed by atoms with E-state index in [1.165, 1.54) is 7.11 Å². The van der Waals surface area contributed by atoms with Crippen LogP contribution in [0, 0.1) is 0 Å². The highest BCUT2D eigenvalue weighted by Crippen LogP contribution is 2.17. The van der Waals surface area contributed by atoms with E-state index in [9.17, 15) is 9.90 Å². The summed E-state index contributed by atoms with van der Waals surface area (Å²) >= 11 is 0. The minimum Gasteiger partial charge on any atom is -0.466 e. The molecule has 1 N–H and O–H groups in total. The number of carbonyl (C=O) groups is 1. The van der Waals surface area contributed by atoms with Gasteiger partial charge in [0.15, 0.2) is 0 Å². The van der Waals surface area contributed by atoms with Gasteiger partial charge in [-0.3, -0.25) is 0 Å². The number of hydrogen-bond donors (Lipinski definition) is 1. The first kappa shape index (κ1) is 17.4. The molecule has 0 spiro atoms. The van der Waals surface area contributed by atoms with E-state index in [0.717, 1.165) is 12.8 Å². The number of aliphatic hydroxyl groups excluding tert-OH is 1. The second-order valence-corrected chi connectivity index (χ2v) is 4.03. The highest BCUT2D eigenvalue weighted by molar-refractivity contribution is 5.90. The Hall–Kier alpha value is -1.61. The molecule has 0 radical (unpaired) electrons. The van der Waals surface area contributed by atoms with Gasteiger partial charge in [0.1, 0.15) is 6.10 Å². The van der Waals surface area contributed by atoms with Crippen molar-refractivity contribution < 1.29 is 14.6 Å². The Kier molecular flexibility index (Phi) is 9.45. The summed E-state index contributed by atoms with van der Waals surface area (Å²) in [4.78, 5) is 11.7. The van der Waals surface area contributed by atoms with E-state index in [0.29, 0.717) is 11.1 Å². The molecular formula is C16H24O3. The Bertz CT molecular complexity index is 387. The van der Waals surface area contributed by atoms with Crippen molar-refractivity contribution in [1.82, 2.24) is 0 Å². The zero-order chi connectivity index (χ0) is 14.7. The minimum absolute atomic E-state index is 0.290. The topological polar surface area (TPSA) is 46.5 Å². The van der Waals surface area contributed by atoms with Gasteiger partial charge in [0, 0.05) is 0 Å². The van der Waals surface area contributed by atoms with Gasteiger partial charge in [-0.05, 0) is 25.8 Å². The molecular weight excluding hydrogens is 240 g/mol. The number of allylic oxidation sites excluding steroid dienone is 5. The average molecular weight is 264 g/mol. The van der Waals surface area contributed by atoms with Crippen molar-refractivity contribution in [2.75, 3.05) is 7.11 Å². The van der Waals surface area contributed by atoms with Gasteiger partial charge in [-0.1, -0.05) is 49.8 Å². The zero-order valence-corrected chi connectivity index (χ0v) is 12.2. The van der Waals surface area contributed by atoms with E-state index in [2.05, 4.69) is 0 Å². The molecule has 0 fully saturated rings. The third kappa shape index (κ3) is 6.20. The van der Waals surface area contributed by atoms with Crippen molar-refractivity contribution in [3.05, 3.63) is 47.6 Å². The van der Waals surface area contributed by atoms with Crippen molar-refractivity contribution in [2.45, 2.75) is 39.7 Å². The summed E-state index contributed by atoms with van der Waals surface area (Å²) in [6.45, 7) is 5.77. The zero-order valence-electron chi connectivity index (χ0n) is 12.2. The van der Waals surface area contributed by atoms with Gasteiger partial charge < -0.3 is 9.84 Å². The van der Waals surface area contributed by atoms with Crippen LogP contribution in [0.5, 0.6) is 0 Å². The monoisotopic (exact) mass is 264 g/mol. The number of rotatable bonds is 7. The summed E-state index contributed by atoms with van der Waals surface area (Å²) in [5, 5.41) is 10.3. The number of ether oxygens (including phenoxy) is 1. The van der Waals surface area contributed by atoms with Crippen molar-refractivity contribution in [3.8, 4) is 0 Å². The maximum absolute atomic E-state index is 11.7. The first-order chi connectivity index (χ1) is 9.12. The first-order valence-electron chi connectivity index (χ1n) is 6.54. The molecule has 0 saturated carbocycles. The number of carbonyl (C=O) groups excluding carboxylic acids is 1. The third-order valence-electron chi connectivity index (χ3n) is 2.52. The molecule has 0 aliphatic heterocycles. The van der Waals surface area contributed by atoms with Gasteiger partial charge in [-0.25, -0.2) is 4.79 Å². The van der Waals surface area contributed by atoms with Crippen LogP contribution in [-0.4, -0.2) is 24.3 Å². The fourth-order valence-corrected chi connectivity index (χ4v) is 1.54. The first-order valence-corrected chi connectivity index (χ1v) is 6.54. The smallest absolute Gasteiger partial charge is 0.336 e. The Morgan fingerprint density at radius 2 is 2.00 bits per heavy atom. The number of esters is 1. The molecule has 0 aromatic heterocycles. The molecule has 1 unspecified atom stereocenters. The minimum atomic E-state index is -0.966. The molecule has 0 aliphatic rings. The van der Waals surface area contributed by atoms with E-state index in [-0.39, 0.29) is 0 Å². The Balaban J connectivity index is 5.35. The van der Waals surface area contributed by atoms with Crippen LogP contribution >= 0.6 is 0 Å². The lowest BCUT2D eigenvalue weighted by atomic mass is 9.99. The fraction of sp³-hybridized carbons (Fsp3) is 0.438. The van der Waals surface area contributed by atoms with Crippen LogP contribution in [0.4, 0.5) is 0 Å². The lowest BCUT2D eigenvalue weighted by molar-refractivity contribution is -0.137. The van der Waals surface area contributed by atoms with Crippen LogP contribution in [0.3, 0.4) is 0 Å². The summed E-state index contributed by atoms with van der Waals surface area (Å²) in [7, 11) is 1.32. The Labute approximate surface area is 116 Å². The van der Waals surface area contributed by atoms with E-state index in [4.69, 9.17) is 4.74 Å². The molecule has 0 bridgehead atoms. The van der Waals surface area contributed by atoms with Gasteiger partial charge in [0.05, 0.1) is 12.7 Å². The summed E-state index contributed by atoms with van der Waals surface area (Å²) in [5.74, 6) is -0.489. The van der Waals surface area contributed by atoms with Crippen LogP contribution < -0.4 is 0 Å². The maximum Gasteiger partial charge on any atom is 0.336 e. The molecule has 19 heavy (non-hydrogen) atoms. The van der Waals surface area contributed by atoms with Crippen molar-refractivity contribution in [2.24, 2.45) is 0 Å². The molecule has 0 rings (SSSR count). The average Bonchev–Trinajstić information content (AvgIpc) is 2.43. The standard InChI is InChI=1S/C16H24O3/c1-5-8-11-13(10-7-3)15(17)14(12-9-6-2)16(18)19-4/h5,7-8,10-12,15,17H,6,9H2,1-4H3/b8-5-,10-7-,13-11+,14-12+. The van der Waals surface area contributed by atoms with Crippen LogP contribution in [0.1, 0.15) is 33.6 Å². The molecule has 0 aromatic rings. The number of methoxy groups -OCH3 is 1. The molecule has 0 amide bonds. The lowest BCUT2D eigenvalue weighted by Crippen LogP contribution is -2.21. The molecule has 0 heterocycles. The maximum atomic E-state index is 11.7. The molecule has 0 aliphatic carbocycles. The van der Waals surface area contributed by atoms with E-state index in [1.54, 1.807) is 18.2 Å². The van der Waals surface area contributed by atoms with Gasteiger partial charge in [-0.2, -0.15) is 0 Å². The second kappa shape index (κ2) is 10.3. The summed E-state index contributed by atoms with van der Waals surface area (Å²) in [6, 6.07) is 0. The second-order valence-electron chi connectivity index (χ2n) is 4.03. The van der Waals surface area contributed by atoms with Gasteiger partial charge in [0.2, 0.25) is 0 Å². The number of hydrogen-bond acceptors (Lipinski definition) is 3. The Morgan fingerprint density at radius 3 is 2.47 bits per heavy atom. The van der Waals surface area contributed by atoms with Gasteiger partial charge >= 0.3 is 5.97 Å². The van der Waals surface area contributed by atoms with Gasteiger partial charge in [-0.15, -0.1) is 0 Å². The molecule has 3 nitrogen and oxygen atoms in total. The quantitative estimate of drug-likeness (QED) is 0.436.